The van der Waals surface area contributed by atoms with Crippen LogP contribution < -0.4 is 5.73 Å². The highest BCUT2D eigenvalue weighted by Crippen LogP contribution is 2.41. The molecule has 5 heteroatoms. The maximum atomic E-state index is 11.1. The Kier molecular flexibility index (Phi) is 2.61. The summed E-state index contributed by atoms with van der Waals surface area (Å²) in [6.07, 6.45) is 3.19. The van der Waals surface area contributed by atoms with E-state index < -0.39 is 5.97 Å². The third-order valence-electron chi connectivity index (χ3n) is 3.19. The lowest BCUT2D eigenvalue weighted by Crippen LogP contribution is -2.14. The van der Waals surface area contributed by atoms with Gasteiger partial charge in [-0.25, -0.2) is 9.48 Å². The lowest BCUT2D eigenvalue weighted by atomic mass is 9.79. The monoisotopic (exact) mass is 223 g/mol. The van der Waals surface area contributed by atoms with Crippen molar-refractivity contribution >= 4 is 11.8 Å². The van der Waals surface area contributed by atoms with Crippen LogP contribution in [0.2, 0.25) is 0 Å². The van der Waals surface area contributed by atoms with Crippen LogP contribution in [0.4, 0.5) is 5.82 Å². The molecule has 2 rings (SSSR count). The topological polar surface area (TPSA) is 81.1 Å². The average molecular weight is 223 g/mol. The number of carboxylic acids is 1. The van der Waals surface area contributed by atoms with Crippen molar-refractivity contribution in [3.63, 3.8) is 0 Å². The smallest absolute Gasteiger partial charge is 0.356 e. The second-order valence-corrected chi connectivity index (χ2v) is 4.62. The van der Waals surface area contributed by atoms with E-state index in [1.807, 2.05) is 13.8 Å². The molecule has 3 N–H and O–H groups in total. The molecular weight excluding hydrogens is 206 g/mol. The number of aromatic carboxylic acids is 1. The van der Waals surface area contributed by atoms with E-state index in [2.05, 4.69) is 5.10 Å². The molecule has 5 nitrogen and oxygen atoms in total. The van der Waals surface area contributed by atoms with Crippen LogP contribution in [0, 0.1) is 0 Å². The Morgan fingerprint density at radius 2 is 2.19 bits per heavy atom. The summed E-state index contributed by atoms with van der Waals surface area (Å²) < 4.78 is 1.61. The molecule has 0 saturated heterocycles. The first-order valence-corrected chi connectivity index (χ1v) is 5.63. The number of nitrogens with two attached hydrogens (primary N) is 1. The normalized spacial score (nSPS) is 16.4. The SMILES string of the molecule is CC(C)n1nc(C(=O)O)c(C2CCC2)c1N. The van der Waals surface area contributed by atoms with Gasteiger partial charge in [-0.05, 0) is 32.6 Å². The predicted molar refractivity (Wildman–Crippen MR) is 60.6 cm³/mol. The number of hydrogen-bond acceptors (Lipinski definition) is 3. The molecule has 1 fully saturated rings. The van der Waals surface area contributed by atoms with E-state index >= 15 is 0 Å². The maximum Gasteiger partial charge on any atom is 0.356 e. The van der Waals surface area contributed by atoms with E-state index in [0.29, 0.717) is 11.7 Å². The average Bonchev–Trinajstić information content (AvgIpc) is 2.42. The molecule has 0 spiro atoms. The Labute approximate surface area is 94.2 Å². The summed E-state index contributed by atoms with van der Waals surface area (Å²) >= 11 is 0. The number of carbonyl (C=O) groups is 1. The van der Waals surface area contributed by atoms with Gasteiger partial charge in [0.2, 0.25) is 0 Å². The summed E-state index contributed by atoms with van der Waals surface area (Å²) in [7, 11) is 0. The second-order valence-electron chi connectivity index (χ2n) is 4.62. The minimum Gasteiger partial charge on any atom is -0.476 e. The number of nitrogens with zero attached hydrogens (tertiary/aromatic N) is 2. The number of carboxylic acid groups (broad SMARTS) is 1. The molecule has 16 heavy (non-hydrogen) atoms. The summed E-state index contributed by atoms with van der Waals surface area (Å²) in [6, 6.07) is 0.0897. The molecule has 1 aromatic heterocycles. The fourth-order valence-corrected chi connectivity index (χ4v) is 2.11. The van der Waals surface area contributed by atoms with Crippen molar-refractivity contribution in [3.8, 4) is 0 Å². The Morgan fingerprint density at radius 3 is 2.56 bits per heavy atom. The minimum absolute atomic E-state index is 0.0897. The largest absolute Gasteiger partial charge is 0.476 e. The van der Waals surface area contributed by atoms with Crippen molar-refractivity contribution < 1.29 is 9.90 Å². The fourth-order valence-electron chi connectivity index (χ4n) is 2.11. The molecule has 1 aliphatic rings. The number of nitrogen functional groups attached to an aromatic ring is 1. The van der Waals surface area contributed by atoms with Crippen molar-refractivity contribution in [2.24, 2.45) is 0 Å². The lowest BCUT2D eigenvalue weighted by Gasteiger charge is -2.25. The maximum absolute atomic E-state index is 11.1. The van der Waals surface area contributed by atoms with E-state index in [4.69, 9.17) is 10.8 Å². The zero-order chi connectivity index (χ0) is 11.9. The minimum atomic E-state index is -0.979. The molecule has 1 aliphatic carbocycles. The Morgan fingerprint density at radius 1 is 1.56 bits per heavy atom. The van der Waals surface area contributed by atoms with Gasteiger partial charge in [-0.15, -0.1) is 0 Å². The highest BCUT2D eigenvalue weighted by Gasteiger charge is 2.31. The predicted octanol–water partition coefficient (Wildman–Crippen LogP) is 2.01. The van der Waals surface area contributed by atoms with Gasteiger partial charge in [0.25, 0.3) is 0 Å². The molecule has 88 valence electrons. The summed E-state index contributed by atoms with van der Waals surface area (Å²) in [5.74, 6) is -0.163. The standard InChI is InChI=1S/C11H17N3O2/c1-6(2)14-10(12)8(7-4-3-5-7)9(13-14)11(15)16/h6-7H,3-5,12H2,1-2H3,(H,15,16). The van der Waals surface area contributed by atoms with E-state index in [1.165, 1.54) is 0 Å². The third kappa shape index (κ3) is 1.56. The number of anilines is 1. The number of rotatable bonds is 3. The molecule has 0 bridgehead atoms. The first-order valence-electron chi connectivity index (χ1n) is 5.63. The van der Waals surface area contributed by atoms with Crippen LogP contribution in [0.25, 0.3) is 0 Å². The lowest BCUT2D eigenvalue weighted by molar-refractivity contribution is 0.0687. The van der Waals surface area contributed by atoms with Crippen molar-refractivity contribution in [1.29, 1.82) is 0 Å². The zero-order valence-corrected chi connectivity index (χ0v) is 9.60. The zero-order valence-electron chi connectivity index (χ0n) is 9.60. The quantitative estimate of drug-likeness (QED) is 0.821. The molecule has 0 radical (unpaired) electrons. The second kappa shape index (κ2) is 3.81. The van der Waals surface area contributed by atoms with E-state index in [-0.39, 0.29) is 11.7 Å². The van der Waals surface area contributed by atoms with Crippen molar-refractivity contribution in [1.82, 2.24) is 9.78 Å². The highest BCUT2D eigenvalue weighted by molar-refractivity contribution is 5.89. The first kappa shape index (κ1) is 11.0. The van der Waals surface area contributed by atoms with Crippen molar-refractivity contribution in [3.05, 3.63) is 11.3 Å². The summed E-state index contributed by atoms with van der Waals surface area (Å²) in [5, 5.41) is 13.2. The van der Waals surface area contributed by atoms with Gasteiger partial charge in [-0.1, -0.05) is 6.42 Å². The molecule has 0 aromatic carbocycles. The molecule has 0 amide bonds. The summed E-state index contributed by atoms with van der Waals surface area (Å²) in [5.41, 5.74) is 6.87. The van der Waals surface area contributed by atoms with Gasteiger partial charge in [0.1, 0.15) is 5.82 Å². The van der Waals surface area contributed by atoms with Crippen LogP contribution >= 0.6 is 0 Å². The Bertz CT molecular complexity index is 419. The van der Waals surface area contributed by atoms with Crippen LogP contribution in [-0.4, -0.2) is 20.9 Å². The van der Waals surface area contributed by atoms with Gasteiger partial charge in [0.05, 0.1) is 0 Å². The van der Waals surface area contributed by atoms with Gasteiger partial charge in [-0.2, -0.15) is 5.10 Å². The van der Waals surface area contributed by atoms with E-state index in [1.54, 1.807) is 4.68 Å². The van der Waals surface area contributed by atoms with E-state index in [0.717, 1.165) is 24.8 Å². The van der Waals surface area contributed by atoms with Crippen LogP contribution in [0.1, 0.15) is 61.1 Å². The Balaban J connectivity index is 2.50. The van der Waals surface area contributed by atoms with Crippen LogP contribution in [0.5, 0.6) is 0 Å². The van der Waals surface area contributed by atoms with Gasteiger partial charge in [0, 0.05) is 11.6 Å². The third-order valence-corrected chi connectivity index (χ3v) is 3.19. The van der Waals surface area contributed by atoms with Crippen molar-refractivity contribution in [2.45, 2.75) is 45.1 Å². The van der Waals surface area contributed by atoms with Crippen LogP contribution in [0.3, 0.4) is 0 Å². The number of hydrogen-bond donors (Lipinski definition) is 2. The van der Waals surface area contributed by atoms with Gasteiger partial charge >= 0.3 is 5.97 Å². The summed E-state index contributed by atoms with van der Waals surface area (Å²) in [4.78, 5) is 11.1. The highest BCUT2D eigenvalue weighted by atomic mass is 16.4. The van der Waals surface area contributed by atoms with Crippen LogP contribution in [-0.2, 0) is 0 Å². The molecule has 0 atom stereocenters. The molecule has 0 aliphatic heterocycles. The fraction of sp³-hybridized carbons (Fsp3) is 0.636. The van der Waals surface area contributed by atoms with Gasteiger partial charge < -0.3 is 10.8 Å². The Hall–Kier alpha value is -1.52. The van der Waals surface area contributed by atoms with Crippen LogP contribution in [0.15, 0.2) is 0 Å². The van der Waals surface area contributed by atoms with Gasteiger partial charge in [0.15, 0.2) is 5.69 Å². The number of aromatic nitrogens is 2. The molecular formula is C11H17N3O2. The van der Waals surface area contributed by atoms with Crippen molar-refractivity contribution in [2.75, 3.05) is 5.73 Å². The molecule has 0 unspecified atom stereocenters. The first-order chi connectivity index (χ1) is 7.52. The molecule has 1 saturated carbocycles. The van der Waals surface area contributed by atoms with E-state index in [9.17, 15) is 4.79 Å². The summed E-state index contributed by atoms with van der Waals surface area (Å²) in [6.45, 7) is 3.89. The molecule has 1 aromatic rings. The van der Waals surface area contributed by atoms with Gasteiger partial charge in [-0.3, -0.25) is 0 Å². The molecule has 1 heterocycles.